The molecule has 0 heterocycles. The number of hydrogen-bond acceptors (Lipinski definition) is 3. The van der Waals surface area contributed by atoms with Gasteiger partial charge in [-0.05, 0) is 12.8 Å². The average Bonchev–Trinajstić information content (AvgIpc) is 2.18. The van der Waals surface area contributed by atoms with Gasteiger partial charge in [0, 0.05) is 7.05 Å². The summed E-state index contributed by atoms with van der Waals surface area (Å²) in [6, 6.07) is 0. The summed E-state index contributed by atoms with van der Waals surface area (Å²) in [6.07, 6.45) is 4.82. The van der Waals surface area contributed by atoms with Crippen molar-refractivity contribution in [3.05, 3.63) is 0 Å². The molecule has 0 radical (unpaired) electrons. The van der Waals surface area contributed by atoms with Crippen LogP contribution in [0.2, 0.25) is 0 Å². The van der Waals surface area contributed by atoms with E-state index in [1.54, 1.807) is 7.05 Å². The van der Waals surface area contributed by atoms with Crippen molar-refractivity contribution in [2.75, 3.05) is 13.7 Å². The number of nitrogens with two attached hydrogens (primary N) is 1. The highest BCUT2D eigenvalue weighted by atomic mass is 32.2. The summed E-state index contributed by atoms with van der Waals surface area (Å²) in [5.41, 5.74) is 5.31. The second kappa shape index (κ2) is 4.39. The van der Waals surface area contributed by atoms with Gasteiger partial charge in [0.2, 0.25) is 10.0 Å². The molecule has 78 valence electrons. The molecule has 2 N–H and O–H groups in total. The lowest BCUT2D eigenvalue weighted by Crippen LogP contribution is -2.40. The van der Waals surface area contributed by atoms with E-state index in [1.165, 1.54) is 10.7 Å². The van der Waals surface area contributed by atoms with Crippen molar-refractivity contribution in [2.24, 2.45) is 5.73 Å². The number of hydrogen-bond donors (Lipinski definition) is 1. The van der Waals surface area contributed by atoms with E-state index in [0.717, 1.165) is 25.7 Å². The van der Waals surface area contributed by atoms with Crippen LogP contribution in [0.5, 0.6) is 0 Å². The zero-order chi connectivity index (χ0) is 9.90. The van der Waals surface area contributed by atoms with E-state index >= 15 is 0 Å². The van der Waals surface area contributed by atoms with Crippen molar-refractivity contribution in [1.29, 1.82) is 0 Å². The Morgan fingerprint density at radius 2 is 1.85 bits per heavy atom. The van der Waals surface area contributed by atoms with Gasteiger partial charge in [-0.1, -0.05) is 19.3 Å². The summed E-state index contributed by atoms with van der Waals surface area (Å²) in [4.78, 5) is 0. The molecule has 13 heavy (non-hydrogen) atoms. The Kier molecular flexibility index (Phi) is 3.70. The Balaban J connectivity index is 2.67. The average molecular weight is 206 g/mol. The lowest BCUT2D eigenvalue weighted by Gasteiger charge is -2.26. The van der Waals surface area contributed by atoms with E-state index in [0.29, 0.717) is 0 Å². The van der Waals surface area contributed by atoms with Crippen LogP contribution >= 0.6 is 0 Å². The van der Waals surface area contributed by atoms with Crippen LogP contribution in [0, 0.1) is 0 Å². The van der Waals surface area contributed by atoms with Gasteiger partial charge in [-0.3, -0.25) is 0 Å². The van der Waals surface area contributed by atoms with Crippen molar-refractivity contribution in [3.8, 4) is 0 Å². The highest BCUT2D eigenvalue weighted by molar-refractivity contribution is 7.89. The quantitative estimate of drug-likeness (QED) is 0.684. The van der Waals surface area contributed by atoms with Crippen molar-refractivity contribution < 1.29 is 8.42 Å². The second-order valence-corrected chi connectivity index (χ2v) is 5.91. The normalized spacial score (nSPS) is 20.8. The second-order valence-electron chi connectivity index (χ2n) is 3.59. The minimum Gasteiger partial charge on any atom is -0.317 e. The van der Waals surface area contributed by atoms with Gasteiger partial charge in [0.1, 0.15) is 0 Å². The topological polar surface area (TPSA) is 63.4 Å². The van der Waals surface area contributed by atoms with Gasteiger partial charge in [-0.25, -0.2) is 8.42 Å². The zero-order valence-electron chi connectivity index (χ0n) is 8.07. The Morgan fingerprint density at radius 3 is 2.31 bits per heavy atom. The molecule has 0 amide bonds. The van der Waals surface area contributed by atoms with Gasteiger partial charge < -0.3 is 5.73 Å². The lowest BCUT2D eigenvalue weighted by molar-refractivity contribution is 0.430. The molecule has 0 spiro atoms. The largest absolute Gasteiger partial charge is 0.317 e. The van der Waals surface area contributed by atoms with Crippen molar-refractivity contribution >= 4 is 10.0 Å². The Labute approximate surface area is 80.1 Å². The highest BCUT2D eigenvalue weighted by Crippen LogP contribution is 2.24. The molecule has 1 saturated carbocycles. The fourth-order valence-corrected chi connectivity index (χ4v) is 3.37. The van der Waals surface area contributed by atoms with Crippen molar-refractivity contribution in [2.45, 2.75) is 37.4 Å². The van der Waals surface area contributed by atoms with Crippen LogP contribution in [0.4, 0.5) is 0 Å². The van der Waals surface area contributed by atoms with E-state index in [9.17, 15) is 8.42 Å². The van der Waals surface area contributed by atoms with E-state index in [4.69, 9.17) is 5.73 Å². The third kappa shape index (κ3) is 2.42. The summed E-state index contributed by atoms with van der Waals surface area (Å²) in [7, 11) is -1.56. The van der Waals surface area contributed by atoms with Gasteiger partial charge in [0.05, 0.1) is 11.9 Å². The first-order valence-corrected chi connectivity index (χ1v) is 6.24. The van der Waals surface area contributed by atoms with Crippen LogP contribution in [0.3, 0.4) is 0 Å². The molecular formula is C8H18N2O2S. The zero-order valence-corrected chi connectivity index (χ0v) is 8.89. The molecule has 0 bridgehead atoms. The Bertz CT molecular complexity index is 245. The molecule has 0 aromatic rings. The Hall–Kier alpha value is -0.130. The molecule has 1 fully saturated rings. The van der Waals surface area contributed by atoms with E-state index in [2.05, 4.69) is 0 Å². The third-order valence-electron chi connectivity index (χ3n) is 2.66. The fourth-order valence-electron chi connectivity index (χ4n) is 1.72. The summed E-state index contributed by atoms with van der Waals surface area (Å²) < 4.78 is 24.8. The summed E-state index contributed by atoms with van der Waals surface area (Å²) in [5.74, 6) is 0. The highest BCUT2D eigenvalue weighted by Gasteiger charge is 2.29. The SMILES string of the molecule is CN(CN)S(=O)(=O)C1CCCCC1. The number of nitrogens with zero attached hydrogens (tertiary/aromatic N) is 1. The summed E-state index contributed by atoms with van der Waals surface area (Å²) >= 11 is 0. The molecule has 4 nitrogen and oxygen atoms in total. The lowest BCUT2D eigenvalue weighted by atomic mass is 10.0. The minimum atomic E-state index is -3.10. The number of sulfonamides is 1. The first kappa shape index (κ1) is 10.9. The first-order chi connectivity index (χ1) is 6.09. The first-order valence-electron chi connectivity index (χ1n) is 4.74. The van der Waals surface area contributed by atoms with Gasteiger partial charge in [0.15, 0.2) is 0 Å². The van der Waals surface area contributed by atoms with E-state index in [1.807, 2.05) is 0 Å². The van der Waals surface area contributed by atoms with Crippen LogP contribution in [0.15, 0.2) is 0 Å². The van der Waals surface area contributed by atoms with Gasteiger partial charge >= 0.3 is 0 Å². The van der Waals surface area contributed by atoms with Crippen LogP contribution in [-0.2, 0) is 10.0 Å². The van der Waals surface area contributed by atoms with Crippen LogP contribution in [0.1, 0.15) is 32.1 Å². The maximum atomic E-state index is 11.8. The maximum Gasteiger partial charge on any atom is 0.217 e. The van der Waals surface area contributed by atoms with Crippen LogP contribution in [-0.4, -0.2) is 31.7 Å². The van der Waals surface area contributed by atoms with E-state index in [-0.39, 0.29) is 11.9 Å². The molecule has 0 aliphatic heterocycles. The van der Waals surface area contributed by atoms with Crippen molar-refractivity contribution in [1.82, 2.24) is 4.31 Å². The number of rotatable bonds is 3. The summed E-state index contributed by atoms with van der Waals surface area (Å²) in [6.45, 7) is 0.0822. The van der Waals surface area contributed by atoms with Gasteiger partial charge in [-0.15, -0.1) is 0 Å². The predicted octanol–water partition coefficient (Wildman–Crippen LogP) is 0.497. The molecule has 0 unspecified atom stereocenters. The predicted molar refractivity (Wildman–Crippen MR) is 52.6 cm³/mol. The summed E-state index contributed by atoms with van der Waals surface area (Å²) in [5, 5.41) is -0.185. The molecule has 1 rings (SSSR count). The smallest absolute Gasteiger partial charge is 0.217 e. The van der Waals surface area contributed by atoms with Crippen LogP contribution < -0.4 is 5.73 Å². The monoisotopic (exact) mass is 206 g/mol. The maximum absolute atomic E-state index is 11.8. The fraction of sp³-hybridized carbons (Fsp3) is 1.00. The standard InChI is InChI=1S/C8H18N2O2S/c1-10(7-9)13(11,12)8-5-3-2-4-6-8/h8H,2-7,9H2,1H3. The van der Waals surface area contributed by atoms with Crippen molar-refractivity contribution in [3.63, 3.8) is 0 Å². The molecule has 5 heteroatoms. The van der Waals surface area contributed by atoms with E-state index < -0.39 is 10.0 Å². The van der Waals surface area contributed by atoms with Gasteiger partial charge in [0.25, 0.3) is 0 Å². The van der Waals surface area contributed by atoms with Crippen LogP contribution in [0.25, 0.3) is 0 Å². The van der Waals surface area contributed by atoms with Gasteiger partial charge in [-0.2, -0.15) is 4.31 Å². The molecular weight excluding hydrogens is 188 g/mol. The molecule has 0 atom stereocenters. The molecule has 1 aliphatic rings. The minimum absolute atomic E-state index is 0.0822. The molecule has 0 saturated heterocycles. The Morgan fingerprint density at radius 1 is 1.31 bits per heavy atom. The molecule has 0 aromatic heterocycles. The molecule has 1 aliphatic carbocycles. The molecule has 0 aromatic carbocycles. The third-order valence-corrected chi connectivity index (χ3v) is 5.00.